The summed E-state index contributed by atoms with van der Waals surface area (Å²) >= 11 is 0. The summed E-state index contributed by atoms with van der Waals surface area (Å²) in [5, 5.41) is 14.7. The highest BCUT2D eigenvalue weighted by Crippen LogP contribution is 2.46. The number of hydrogen-bond acceptors (Lipinski definition) is 3. The van der Waals surface area contributed by atoms with Crippen LogP contribution in [0.15, 0.2) is 24.3 Å². The van der Waals surface area contributed by atoms with Crippen molar-refractivity contribution >= 4 is 23.5 Å². The summed E-state index contributed by atoms with van der Waals surface area (Å²) in [7, 11) is 0. The molecule has 2 saturated carbocycles. The maximum atomic E-state index is 12.1. The van der Waals surface area contributed by atoms with E-state index in [1.807, 2.05) is 19.1 Å². The average Bonchev–Trinajstić information content (AvgIpc) is 3.40. The molecule has 3 N–H and O–H groups in total. The van der Waals surface area contributed by atoms with Gasteiger partial charge in [-0.2, -0.15) is 0 Å². The minimum absolute atomic E-state index is 0.0521. The molecule has 23 heavy (non-hydrogen) atoms. The van der Waals surface area contributed by atoms with Crippen molar-refractivity contribution in [2.24, 2.45) is 11.3 Å². The van der Waals surface area contributed by atoms with Crippen molar-refractivity contribution in [1.82, 2.24) is 5.32 Å². The van der Waals surface area contributed by atoms with Crippen LogP contribution in [0.3, 0.4) is 0 Å². The lowest BCUT2D eigenvalue weighted by Gasteiger charge is -2.18. The van der Waals surface area contributed by atoms with Gasteiger partial charge in [-0.3, -0.25) is 14.4 Å². The topological polar surface area (TPSA) is 95.5 Å². The van der Waals surface area contributed by atoms with Gasteiger partial charge in [-0.25, -0.2) is 0 Å². The summed E-state index contributed by atoms with van der Waals surface area (Å²) in [5.41, 5.74) is 0.365. The standard InChI is InChI=1S/C17H20N2O4/c1-10(18-15(21)17(8-9-17)16(22)23)11-4-6-13(7-5-11)19-14(20)12-2-3-12/h4-7,10,12H,2-3,8-9H2,1H3,(H,18,21)(H,19,20)(H,22,23)/t10-/m0/s1. The Balaban J connectivity index is 1.59. The van der Waals surface area contributed by atoms with Gasteiger partial charge in [-0.05, 0) is 50.3 Å². The van der Waals surface area contributed by atoms with Gasteiger partial charge in [-0.15, -0.1) is 0 Å². The number of hydrogen-bond donors (Lipinski definition) is 3. The van der Waals surface area contributed by atoms with Crippen LogP contribution in [0.2, 0.25) is 0 Å². The van der Waals surface area contributed by atoms with Gasteiger partial charge in [0.2, 0.25) is 11.8 Å². The van der Waals surface area contributed by atoms with Gasteiger partial charge in [0.05, 0.1) is 6.04 Å². The highest BCUT2D eigenvalue weighted by molar-refractivity contribution is 6.05. The molecule has 0 bridgehead atoms. The highest BCUT2D eigenvalue weighted by Gasteiger charge is 2.57. The van der Waals surface area contributed by atoms with E-state index in [-0.39, 0.29) is 17.9 Å². The molecular weight excluding hydrogens is 296 g/mol. The zero-order chi connectivity index (χ0) is 16.6. The van der Waals surface area contributed by atoms with Crippen LogP contribution >= 0.6 is 0 Å². The molecule has 122 valence electrons. The van der Waals surface area contributed by atoms with Gasteiger partial charge >= 0.3 is 5.97 Å². The van der Waals surface area contributed by atoms with Crippen molar-refractivity contribution in [2.75, 3.05) is 5.32 Å². The van der Waals surface area contributed by atoms with Crippen molar-refractivity contribution in [1.29, 1.82) is 0 Å². The Bertz CT molecular complexity index is 645. The predicted octanol–water partition coefficient (Wildman–Crippen LogP) is 2.08. The zero-order valence-corrected chi connectivity index (χ0v) is 13.0. The second kappa shape index (κ2) is 5.68. The first-order chi connectivity index (χ1) is 10.9. The van der Waals surface area contributed by atoms with Crippen molar-refractivity contribution in [3.63, 3.8) is 0 Å². The van der Waals surface area contributed by atoms with E-state index >= 15 is 0 Å². The second-order valence-corrected chi connectivity index (χ2v) is 6.47. The fourth-order valence-corrected chi connectivity index (χ4v) is 2.53. The van der Waals surface area contributed by atoms with Gasteiger partial charge < -0.3 is 15.7 Å². The van der Waals surface area contributed by atoms with Crippen LogP contribution in [-0.2, 0) is 14.4 Å². The normalized spacial score (nSPS) is 19.5. The van der Waals surface area contributed by atoms with E-state index in [9.17, 15) is 14.4 Å². The summed E-state index contributed by atoms with van der Waals surface area (Å²) < 4.78 is 0. The maximum Gasteiger partial charge on any atom is 0.319 e. The number of nitrogens with one attached hydrogen (secondary N) is 2. The Labute approximate surface area is 134 Å². The first-order valence-electron chi connectivity index (χ1n) is 7.87. The quantitative estimate of drug-likeness (QED) is 0.700. The van der Waals surface area contributed by atoms with E-state index in [0.29, 0.717) is 12.8 Å². The number of anilines is 1. The summed E-state index contributed by atoms with van der Waals surface area (Å²) in [6.07, 6.45) is 2.71. The Morgan fingerprint density at radius 3 is 2.26 bits per heavy atom. The van der Waals surface area contributed by atoms with E-state index < -0.39 is 17.3 Å². The molecule has 2 amide bonds. The van der Waals surface area contributed by atoms with Crippen molar-refractivity contribution < 1.29 is 19.5 Å². The molecule has 0 unspecified atom stereocenters. The smallest absolute Gasteiger partial charge is 0.319 e. The number of carbonyl (C=O) groups is 3. The van der Waals surface area contributed by atoms with Crippen LogP contribution in [-0.4, -0.2) is 22.9 Å². The fourth-order valence-electron chi connectivity index (χ4n) is 2.53. The third-order valence-electron chi connectivity index (χ3n) is 4.57. The summed E-state index contributed by atoms with van der Waals surface area (Å²) in [5.74, 6) is -1.28. The van der Waals surface area contributed by atoms with Gasteiger partial charge in [0, 0.05) is 11.6 Å². The van der Waals surface area contributed by atoms with E-state index in [1.165, 1.54) is 0 Å². The third-order valence-corrected chi connectivity index (χ3v) is 4.57. The molecule has 0 spiro atoms. The molecule has 2 aliphatic carbocycles. The van der Waals surface area contributed by atoms with E-state index in [0.717, 1.165) is 24.1 Å². The first kappa shape index (κ1) is 15.5. The Morgan fingerprint density at radius 1 is 1.17 bits per heavy atom. The molecule has 3 rings (SSSR count). The molecule has 6 nitrogen and oxygen atoms in total. The number of benzene rings is 1. The summed E-state index contributed by atoms with van der Waals surface area (Å²) in [6.45, 7) is 1.81. The zero-order valence-electron chi connectivity index (χ0n) is 13.0. The number of aliphatic carboxylic acids is 1. The lowest BCUT2D eigenvalue weighted by atomic mass is 10.0. The van der Waals surface area contributed by atoms with Crippen LogP contribution in [0.25, 0.3) is 0 Å². The van der Waals surface area contributed by atoms with Gasteiger partial charge in [0.1, 0.15) is 5.41 Å². The van der Waals surface area contributed by atoms with Crippen LogP contribution in [0.5, 0.6) is 0 Å². The van der Waals surface area contributed by atoms with Crippen molar-refractivity contribution in [2.45, 2.75) is 38.6 Å². The molecule has 0 aliphatic heterocycles. The minimum Gasteiger partial charge on any atom is -0.480 e. The molecule has 2 fully saturated rings. The predicted molar refractivity (Wildman–Crippen MR) is 83.7 cm³/mol. The van der Waals surface area contributed by atoms with E-state index in [1.54, 1.807) is 12.1 Å². The number of rotatable bonds is 6. The fraction of sp³-hybridized carbons (Fsp3) is 0.471. The van der Waals surface area contributed by atoms with Crippen LogP contribution in [0.4, 0.5) is 5.69 Å². The SMILES string of the molecule is C[C@H](NC(=O)C1(C(=O)O)CC1)c1ccc(NC(=O)C2CC2)cc1. The number of carboxylic acid groups (broad SMARTS) is 1. The highest BCUT2D eigenvalue weighted by atomic mass is 16.4. The minimum atomic E-state index is -1.23. The van der Waals surface area contributed by atoms with Crippen molar-refractivity contribution in [3.8, 4) is 0 Å². The lowest BCUT2D eigenvalue weighted by molar-refractivity contribution is -0.149. The molecule has 1 atom stereocenters. The van der Waals surface area contributed by atoms with Gasteiger partial charge in [0.15, 0.2) is 0 Å². The molecule has 2 aliphatic rings. The summed E-state index contributed by atoms with van der Waals surface area (Å²) in [6, 6.07) is 6.96. The maximum absolute atomic E-state index is 12.1. The molecule has 0 heterocycles. The summed E-state index contributed by atoms with van der Waals surface area (Å²) in [4.78, 5) is 34.9. The van der Waals surface area contributed by atoms with E-state index in [4.69, 9.17) is 5.11 Å². The number of carbonyl (C=O) groups excluding carboxylic acids is 2. The Morgan fingerprint density at radius 2 is 1.78 bits per heavy atom. The third kappa shape index (κ3) is 3.21. The Kier molecular flexibility index (Phi) is 3.83. The van der Waals surface area contributed by atoms with Gasteiger partial charge in [-0.1, -0.05) is 12.1 Å². The molecule has 0 saturated heterocycles. The Hall–Kier alpha value is -2.37. The average molecular weight is 316 g/mol. The number of carboxylic acids is 1. The monoisotopic (exact) mass is 316 g/mol. The largest absolute Gasteiger partial charge is 0.480 e. The molecule has 6 heteroatoms. The molecule has 1 aromatic rings. The lowest BCUT2D eigenvalue weighted by Crippen LogP contribution is -2.38. The first-order valence-corrected chi connectivity index (χ1v) is 7.87. The molecule has 0 aromatic heterocycles. The van der Waals surface area contributed by atoms with Gasteiger partial charge in [0.25, 0.3) is 0 Å². The van der Waals surface area contributed by atoms with Crippen LogP contribution < -0.4 is 10.6 Å². The van der Waals surface area contributed by atoms with E-state index in [2.05, 4.69) is 10.6 Å². The molecule has 0 radical (unpaired) electrons. The van der Waals surface area contributed by atoms with Crippen LogP contribution in [0, 0.1) is 11.3 Å². The molecule has 1 aromatic carbocycles. The second-order valence-electron chi connectivity index (χ2n) is 6.47. The molecular formula is C17H20N2O4. The van der Waals surface area contributed by atoms with Crippen LogP contribution in [0.1, 0.15) is 44.2 Å². The van der Waals surface area contributed by atoms with Crippen molar-refractivity contribution in [3.05, 3.63) is 29.8 Å². The number of amides is 2.